The van der Waals surface area contributed by atoms with Crippen LogP contribution in [0.15, 0.2) is 48.5 Å². The fourth-order valence-electron chi connectivity index (χ4n) is 1.11. The maximum atomic E-state index is 9.75. The van der Waals surface area contributed by atoms with Gasteiger partial charge < -0.3 is 17.3 Å². The molecule has 0 heterocycles. The maximum Gasteiger partial charge on any atom is 0.673 e. The van der Waals surface area contributed by atoms with Crippen LogP contribution in [0.4, 0.5) is 17.3 Å². The summed E-state index contributed by atoms with van der Waals surface area (Å²) < 4.78 is 39.0. The molecule has 2 rings (SSSR count). The molecule has 108 valence electrons. The first-order valence-electron chi connectivity index (χ1n) is 5.27. The van der Waals surface area contributed by atoms with E-state index in [0.29, 0.717) is 0 Å². The Kier molecular flexibility index (Phi) is 6.66. The molecule has 0 spiro atoms. The molecule has 20 heavy (non-hydrogen) atoms. The number of halogens is 7. The molecule has 0 atom stereocenters. The van der Waals surface area contributed by atoms with Crippen LogP contribution < -0.4 is 0 Å². The van der Waals surface area contributed by atoms with Crippen LogP contribution in [0, 0.1) is 10.8 Å². The predicted molar refractivity (Wildman–Crippen MR) is 71.4 cm³/mol. The predicted octanol–water partition coefficient (Wildman–Crippen LogP) is 5.91. The summed E-state index contributed by atoms with van der Waals surface area (Å²) in [4.78, 5) is 0. The third-order valence-electron chi connectivity index (χ3n) is 1.83. The average Bonchev–Trinajstić information content (AvgIpc) is 2.33. The van der Waals surface area contributed by atoms with Gasteiger partial charge in [-0.1, -0.05) is 23.2 Å². The molecule has 2 aromatic carbocycles. The molecule has 0 fully saturated rings. The molecule has 8 heteroatoms. The Morgan fingerprint density at radius 3 is 1.15 bits per heavy atom. The molecule has 0 saturated heterocycles. The average molecular weight is 345 g/mol. The Morgan fingerprint density at radius 2 is 0.900 bits per heavy atom. The van der Waals surface area contributed by atoms with Gasteiger partial charge in [-0.25, -0.2) is 0 Å². The molecule has 2 aromatic rings. The van der Waals surface area contributed by atoms with E-state index in [1.807, 2.05) is 48.5 Å². The van der Waals surface area contributed by atoms with E-state index in [2.05, 4.69) is 10.8 Å². The number of benzene rings is 2. The van der Waals surface area contributed by atoms with Gasteiger partial charge in [-0.15, -0.1) is 0 Å². The zero-order chi connectivity index (χ0) is 15.2. The van der Waals surface area contributed by atoms with E-state index in [9.17, 15) is 17.3 Å². The van der Waals surface area contributed by atoms with Crippen molar-refractivity contribution < 1.29 is 28.1 Å². The molecular weight excluding hydrogens is 337 g/mol. The Hall–Kier alpha value is -0.905. The first kappa shape index (κ1) is 17.1. The van der Waals surface area contributed by atoms with Gasteiger partial charge in [0, 0.05) is 34.3 Å². The van der Waals surface area contributed by atoms with Crippen molar-refractivity contribution >= 4 is 30.5 Å². The zero-order valence-electron chi connectivity index (χ0n) is 9.84. The lowest BCUT2D eigenvalue weighted by molar-refractivity contribution is -0.535. The SMILES string of the molecule is Clc1ccc([Cl+]c2ccc(Cl)cc2)cc1.F[B-](F)(F)F. The smallest absolute Gasteiger partial charge is 0.418 e. The van der Waals surface area contributed by atoms with Crippen molar-refractivity contribution in [1.82, 2.24) is 0 Å². The molecular formula is C12H8BCl3F4. The molecule has 0 aliphatic carbocycles. The first-order chi connectivity index (χ1) is 9.24. The number of hydrogen-bond acceptors (Lipinski definition) is 0. The standard InChI is InChI=1S/C12H8Cl3.BF4/c13-9-1-5-11(6-2-9)15-12-7-3-10(14)4-8-12;2-1(3,4)5/h1-8H;/q+1;-1. The second-order valence-electron chi connectivity index (χ2n) is 3.46. The van der Waals surface area contributed by atoms with Gasteiger partial charge in [0.1, 0.15) is 0 Å². The second-order valence-corrected chi connectivity index (χ2v) is 5.40. The lowest BCUT2D eigenvalue weighted by atomic mass is 10.3. The van der Waals surface area contributed by atoms with Gasteiger partial charge in [0.2, 0.25) is 20.8 Å². The van der Waals surface area contributed by atoms with E-state index < -0.39 is 7.25 Å². The van der Waals surface area contributed by atoms with Crippen LogP contribution in [-0.2, 0) is 0 Å². The number of rotatable bonds is 2. The molecule has 0 aliphatic heterocycles. The molecule has 0 N–H and O–H groups in total. The monoisotopic (exact) mass is 344 g/mol. The molecule has 0 nitrogen and oxygen atoms in total. The van der Waals surface area contributed by atoms with Crippen LogP contribution in [0.3, 0.4) is 0 Å². The summed E-state index contributed by atoms with van der Waals surface area (Å²) in [6.07, 6.45) is 0. The van der Waals surface area contributed by atoms with Crippen LogP contribution in [-0.4, -0.2) is 7.25 Å². The highest BCUT2D eigenvalue weighted by Gasteiger charge is 2.20. The van der Waals surface area contributed by atoms with E-state index in [4.69, 9.17) is 23.2 Å². The quantitative estimate of drug-likeness (QED) is 0.469. The highest BCUT2D eigenvalue weighted by Crippen LogP contribution is 2.19. The topological polar surface area (TPSA) is 0 Å². The Bertz CT molecular complexity index is 476. The van der Waals surface area contributed by atoms with E-state index in [-0.39, 0.29) is 0 Å². The van der Waals surface area contributed by atoms with Crippen molar-refractivity contribution in [3.8, 4) is 0 Å². The lowest BCUT2D eigenvalue weighted by Crippen LogP contribution is -2.02. The fraction of sp³-hybridized carbons (Fsp3) is 0. The largest absolute Gasteiger partial charge is 0.673 e. The van der Waals surface area contributed by atoms with Crippen LogP contribution in [0.2, 0.25) is 20.1 Å². The summed E-state index contributed by atoms with van der Waals surface area (Å²) in [7, 11) is -3.79. The lowest BCUT2D eigenvalue weighted by Gasteiger charge is -1.94. The van der Waals surface area contributed by atoms with Crippen molar-refractivity contribution in [2.24, 2.45) is 0 Å². The van der Waals surface area contributed by atoms with Gasteiger partial charge in [-0.05, 0) is 24.3 Å². The summed E-state index contributed by atoms with van der Waals surface area (Å²) in [5, 5.41) is 3.73. The molecule has 0 saturated carbocycles. The number of hydrogen-bond donors (Lipinski definition) is 0. The normalized spacial score (nSPS) is 10.7. The minimum absolute atomic E-state index is 0.751. The van der Waals surface area contributed by atoms with Crippen molar-refractivity contribution in [2.45, 2.75) is 0 Å². The van der Waals surface area contributed by atoms with E-state index in [0.717, 1.165) is 20.1 Å². The van der Waals surface area contributed by atoms with Gasteiger partial charge in [0.15, 0.2) is 0 Å². The zero-order valence-corrected chi connectivity index (χ0v) is 12.1. The van der Waals surface area contributed by atoms with Crippen LogP contribution >= 0.6 is 23.2 Å². The van der Waals surface area contributed by atoms with Crippen LogP contribution in [0.25, 0.3) is 0 Å². The summed E-state index contributed by atoms with van der Waals surface area (Å²) >= 11 is 11.6. The van der Waals surface area contributed by atoms with E-state index in [1.54, 1.807) is 0 Å². The third kappa shape index (κ3) is 8.30. The molecule has 0 radical (unpaired) electrons. The van der Waals surface area contributed by atoms with Gasteiger partial charge in [-0.3, -0.25) is 0 Å². The fourth-order valence-corrected chi connectivity index (χ4v) is 2.12. The van der Waals surface area contributed by atoms with Crippen molar-refractivity contribution in [3.05, 3.63) is 68.6 Å². The Balaban J connectivity index is 0.000000347. The maximum absolute atomic E-state index is 9.75. The van der Waals surface area contributed by atoms with Crippen LogP contribution in [0.5, 0.6) is 0 Å². The molecule has 0 unspecified atom stereocenters. The minimum atomic E-state index is -6.00. The molecule has 0 bridgehead atoms. The Morgan fingerprint density at radius 1 is 0.650 bits per heavy atom. The highest BCUT2D eigenvalue weighted by atomic mass is 35.5. The highest BCUT2D eigenvalue weighted by molar-refractivity contribution is 6.50. The summed E-state index contributed by atoms with van der Waals surface area (Å²) in [6.45, 7) is 0. The van der Waals surface area contributed by atoms with Crippen LogP contribution in [0.1, 0.15) is 0 Å². The van der Waals surface area contributed by atoms with Gasteiger partial charge in [0.05, 0.1) is 0 Å². The molecule has 0 aromatic heterocycles. The van der Waals surface area contributed by atoms with E-state index in [1.165, 1.54) is 0 Å². The van der Waals surface area contributed by atoms with Crippen molar-refractivity contribution in [1.29, 1.82) is 0 Å². The Labute approximate surface area is 127 Å². The third-order valence-corrected chi connectivity index (χ3v) is 3.27. The van der Waals surface area contributed by atoms with Gasteiger partial charge >= 0.3 is 7.25 Å². The van der Waals surface area contributed by atoms with Gasteiger partial charge in [-0.2, -0.15) is 0 Å². The second kappa shape index (κ2) is 7.77. The molecule has 0 aliphatic rings. The van der Waals surface area contributed by atoms with Crippen molar-refractivity contribution in [3.63, 3.8) is 0 Å². The summed E-state index contributed by atoms with van der Waals surface area (Å²) in [5.41, 5.74) is 0. The van der Waals surface area contributed by atoms with Crippen molar-refractivity contribution in [2.75, 3.05) is 0 Å². The van der Waals surface area contributed by atoms with E-state index >= 15 is 0 Å². The summed E-state index contributed by atoms with van der Waals surface area (Å²) in [6, 6.07) is 15.4. The molecule has 0 amide bonds. The summed E-state index contributed by atoms with van der Waals surface area (Å²) in [5.74, 6) is 0. The minimum Gasteiger partial charge on any atom is -0.418 e. The first-order valence-corrected chi connectivity index (χ1v) is 6.78. The van der Waals surface area contributed by atoms with Gasteiger partial charge in [0.25, 0.3) is 0 Å².